The zero-order valence-corrected chi connectivity index (χ0v) is 13.7. The standard InChI is InChI=1S/C18H16FN3OS/c19-14-5-3-13(4-6-14)15-7-8-18(21-20-15)22-9-10-23-16(12-22)17-2-1-11-24-17/h1-8,11,16H,9-10,12H2. The Kier molecular flexibility index (Phi) is 4.23. The van der Waals surface area contributed by atoms with Crippen LogP contribution in [0.3, 0.4) is 0 Å². The fourth-order valence-corrected chi connectivity index (χ4v) is 3.54. The largest absolute Gasteiger partial charge is 0.369 e. The molecule has 0 aliphatic carbocycles. The van der Waals surface area contributed by atoms with Crippen molar-refractivity contribution in [3.05, 3.63) is 64.6 Å². The summed E-state index contributed by atoms with van der Waals surface area (Å²) in [6.07, 6.45) is 0.0809. The van der Waals surface area contributed by atoms with Gasteiger partial charge in [0.1, 0.15) is 11.9 Å². The van der Waals surface area contributed by atoms with Gasteiger partial charge < -0.3 is 9.64 Å². The van der Waals surface area contributed by atoms with Crippen molar-refractivity contribution in [3.8, 4) is 11.3 Å². The highest BCUT2D eigenvalue weighted by molar-refractivity contribution is 7.10. The highest BCUT2D eigenvalue weighted by atomic mass is 32.1. The van der Waals surface area contributed by atoms with Crippen LogP contribution in [-0.4, -0.2) is 29.9 Å². The molecule has 1 fully saturated rings. The van der Waals surface area contributed by atoms with E-state index < -0.39 is 0 Å². The minimum atomic E-state index is -0.253. The van der Waals surface area contributed by atoms with E-state index in [9.17, 15) is 4.39 Å². The van der Waals surface area contributed by atoms with E-state index in [4.69, 9.17) is 4.74 Å². The summed E-state index contributed by atoms with van der Waals surface area (Å²) in [6.45, 7) is 2.24. The van der Waals surface area contributed by atoms with Crippen LogP contribution in [0.15, 0.2) is 53.9 Å². The van der Waals surface area contributed by atoms with Crippen LogP contribution in [0.4, 0.5) is 10.2 Å². The third kappa shape index (κ3) is 3.16. The molecule has 1 aromatic carbocycles. The number of morpholine rings is 1. The first-order valence-corrected chi connectivity index (χ1v) is 8.67. The van der Waals surface area contributed by atoms with Gasteiger partial charge in [0.2, 0.25) is 0 Å². The molecule has 0 saturated carbocycles. The summed E-state index contributed by atoms with van der Waals surface area (Å²) in [4.78, 5) is 3.42. The maximum atomic E-state index is 13.0. The van der Waals surface area contributed by atoms with Crippen LogP contribution < -0.4 is 4.90 Å². The first-order valence-electron chi connectivity index (χ1n) is 7.79. The van der Waals surface area contributed by atoms with Crippen molar-refractivity contribution in [3.63, 3.8) is 0 Å². The molecule has 4 nitrogen and oxygen atoms in total. The Balaban J connectivity index is 1.51. The number of hydrogen-bond donors (Lipinski definition) is 0. The second kappa shape index (κ2) is 6.67. The molecule has 0 amide bonds. The van der Waals surface area contributed by atoms with Crippen LogP contribution in [0.5, 0.6) is 0 Å². The Morgan fingerprint density at radius 2 is 1.96 bits per heavy atom. The molecule has 1 atom stereocenters. The smallest absolute Gasteiger partial charge is 0.151 e. The third-order valence-corrected chi connectivity index (χ3v) is 5.01. The van der Waals surface area contributed by atoms with E-state index >= 15 is 0 Å². The minimum Gasteiger partial charge on any atom is -0.369 e. The van der Waals surface area contributed by atoms with Gasteiger partial charge in [0.05, 0.1) is 18.8 Å². The Bertz CT molecular complexity index is 790. The SMILES string of the molecule is Fc1ccc(-c2ccc(N3CCOC(c4cccs4)C3)nn2)cc1. The van der Waals surface area contributed by atoms with Crippen LogP contribution in [0, 0.1) is 5.82 Å². The van der Waals surface area contributed by atoms with Gasteiger partial charge in [-0.1, -0.05) is 6.07 Å². The Labute approximate surface area is 143 Å². The monoisotopic (exact) mass is 341 g/mol. The zero-order valence-electron chi connectivity index (χ0n) is 12.9. The first kappa shape index (κ1) is 15.2. The van der Waals surface area contributed by atoms with E-state index in [0.717, 1.165) is 30.2 Å². The summed E-state index contributed by atoms with van der Waals surface area (Å²) in [5.41, 5.74) is 1.59. The lowest BCUT2D eigenvalue weighted by atomic mass is 10.1. The van der Waals surface area contributed by atoms with E-state index in [1.807, 2.05) is 18.2 Å². The fraction of sp³-hybridized carbons (Fsp3) is 0.222. The summed E-state index contributed by atoms with van der Waals surface area (Å²) in [5, 5.41) is 10.7. The molecular weight excluding hydrogens is 325 g/mol. The maximum absolute atomic E-state index is 13.0. The summed E-state index contributed by atoms with van der Waals surface area (Å²) >= 11 is 1.71. The van der Waals surface area contributed by atoms with E-state index in [-0.39, 0.29) is 11.9 Å². The lowest BCUT2D eigenvalue weighted by Crippen LogP contribution is -2.38. The van der Waals surface area contributed by atoms with Crippen LogP contribution in [0.1, 0.15) is 11.0 Å². The molecule has 0 bridgehead atoms. The molecule has 122 valence electrons. The topological polar surface area (TPSA) is 38.2 Å². The third-order valence-electron chi connectivity index (χ3n) is 4.04. The van der Waals surface area contributed by atoms with Gasteiger partial charge in [-0.25, -0.2) is 4.39 Å². The number of nitrogens with zero attached hydrogens (tertiary/aromatic N) is 3. The molecule has 24 heavy (non-hydrogen) atoms. The fourth-order valence-electron chi connectivity index (χ4n) is 2.77. The molecule has 1 saturated heterocycles. The molecule has 1 unspecified atom stereocenters. The Morgan fingerprint density at radius 3 is 2.67 bits per heavy atom. The number of aromatic nitrogens is 2. The van der Waals surface area contributed by atoms with Gasteiger partial charge in [0, 0.05) is 17.0 Å². The molecule has 4 rings (SSSR count). The summed E-state index contributed by atoms with van der Waals surface area (Å²) in [5.74, 6) is 0.585. The summed E-state index contributed by atoms with van der Waals surface area (Å²) < 4.78 is 18.9. The normalized spacial score (nSPS) is 17.9. The number of ether oxygens (including phenoxy) is 1. The van der Waals surface area contributed by atoms with Gasteiger partial charge in [0.15, 0.2) is 5.82 Å². The highest BCUT2D eigenvalue weighted by Crippen LogP contribution is 2.28. The van der Waals surface area contributed by atoms with Gasteiger partial charge in [0.25, 0.3) is 0 Å². The van der Waals surface area contributed by atoms with E-state index in [1.165, 1.54) is 17.0 Å². The van der Waals surface area contributed by atoms with Crippen LogP contribution >= 0.6 is 11.3 Å². The number of benzene rings is 1. The van der Waals surface area contributed by atoms with Gasteiger partial charge in [-0.3, -0.25) is 0 Å². The van der Waals surface area contributed by atoms with Crippen LogP contribution in [0.2, 0.25) is 0 Å². The maximum Gasteiger partial charge on any atom is 0.151 e. The van der Waals surface area contributed by atoms with Crippen molar-refractivity contribution in [1.82, 2.24) is 10.2 Å². The van der Waals surface area contributed by atoms with Crippen molar-refractivity contribution in [2.45, 2.75) is 6.10 Å². The van der Waals surface area contributed by atoms with Crippen molar-refractivity contribution in [1.29, 1.82) is 0 Å². The van der Waals surface area contributed by atoms with Gasteiger partial charge in [-0.2, -0.15) is 0 Å². The Hall–Kier alpha value is -2.31. The number of halogens is 1. The average Bonchev–Trinajstić information content (AvgIpc) is 3.17. The minimum absolute atomic E-state index is 0.0809. The predicted octanol–water partition coefficient (Wildman–Crippen LogP) is 3.92. The van der Waals surface area contributed by atoms with E-state index in [2.05, 4.69) is 26.5 Å². The molecule has 1 aliphatic heterocycles. The Morgan fingerprint density at radius 1 is 1.08 bits per heavy atom. The predicted molar refractivity (Wildman–Crippen MR) is 92.7 cm³/mol. The molecule has 0 radical (unpaired) electrons. The average molecular weight is 341 g/mol. The summed E-state index contributed by atoms with van der Waals surface area (Å²) in [7, 11) is 0. The van der Waals surface area contributed by atoms with Crippen LogP contribution in [-0.2, 0) is 4.74 Å². The highest BCUT2D eigenvalue weighted by Gasteiger charge is 2.23. The zero-order chi connectivity index (χ0) is 16.4. The van der Waals surface area contributed by atoms with Gasteiger partial charge in [-0.15, -0.1) is 21.5 Å². The molecule has 1 aliphatic rings. The number of anilines is 1. The molecule has 0 spiro atoms. The van der Waals surface area contributed by atoms with Crippen molar-refractivity contribution >= 4 is 17.2 Å². The van der Waals surface area contributed by atoms with E-state index in [0.29, 0.717) is 6.61 Å². The molecule has 3 aromatic rings. The molecule has 2 aromatic heterocycles. The van der Waals surface area contributed by atoms with Crippen molar-refractivity contribution in [2.24, 2.45) is 0 Å². The van der Waals surface area contributed by atoms with Gasteiger partial charge in [-0.05, 0) is 47.8 Å². The lowest BCUT2D eigenvalue weighted by Gasteiger charge is -2.33. The first-order chi connectivity index (χ1) is 11.8. The molecular formula is C18H16FN3OS. The van der Waals surface area contributed by atoms with Gasteiger partial charge >= 0.3 is 0 Å². The molecule has 6 heteroatoms. The van der Waals surface area contributed by atoms with Crippen molar-refractivity contribution < 1.29 is 9.13 Å². The molecule has 0 N–H and O–H groups in total. The van der Waals surface area contributed by atoms with E-state index in [1.54, 1.807) is 23.5 Å². The molecule has 3 heterocycles. The quantitative estimate of drug-likeness (QED) is 0.724. The number of hydrogen-bond acceptors (Lipinski definition) is 5. The second-order valence-electron chi connectivity index (χ2n) is 5.60. The lowest BCUT2D eigenvalue weighted by molar-refractivity contribution is 0.0418. The second-order valence-corrected chi connectivity index (χ2v) is 6.58. The van der Waals surface area contributed by atoms with Crippen LogP contribution in [0.25, 0.3) is 11.3 Å². The number of rotatable bonds is 3. The summed E-state index contributed by atoms with van der Waals surface area (Å²) in [6, 6.07) is 14.3. The number of thiophene rings is 1. The van der Waals surface area contributed by atoms with Crippen molar-refractivity contribution in [2.75, 3.05) is 24.6 Å².